The highest BCUT2D eigenvalue weighted by Crippen LogP contribution is 2.23. The molecule has 0 unspecified atom stereocenters. The lowest BCUT2D eigenvalue weighted by molar-refractivity contribution is 0.580. The molecule has 5 nitrogen and oxygen atoms in total. The molecular weight excluding hydrogens is 362 g/mol. The second-order valence-electron chi connectivity index (χ2n) is 4.16. The largest absolute Gasteiger partial charge is 0.326 e. The number of benzene rings is 1. The zero-order valence-corrected chi connectivity index (χ0v) is 14.0. The molecule has 0 aliphatic heterocycles. The Hall–Kier alpha value is -0.800. The van der Waals surface area contributed by atoms with Crippen LogP contribution >= 0.6 is 27.3 Å². The quantitative estimate of drug-likeness (QED) is 0.838. The Morgan fingerprint density at radius 1 is 1.45 bits per heavy atom. The summed E-state index contributed by atoms with van der Waals surface area (Å²) in [4.78, 5) is 5.36. The number of hydrogen-bond acceptors (Lipinski definition) is 5. The third kappa shape index (κ3) is 3.64. The van der Waals surface area contributed by atoms with Gasteiger partial charge in [-0.3, -0.25) is 0 Å². The van der Waals surface area contributed by atoms with Gasteiger partial charge in [-0.1, -0.05) is 6.07 Å². The van der Waals surface area contributed by atoms with Gasteiger partial charge in [-0.25, -0.2) is 18.1 Å². The third-order valence-corrected chi connectivity index (χ3v) is 5.91. The first-order valence-electron chi connectivity index (χ1n) is 5.82. The van der Waals surface area contributed by atoms with Crippen LogP contribution in [0.5, 0.6) is 0 Å². The van der Waals surface area contributed by atoms with Crippen molar-refractivity contribution in [2.75, 3.05) is 0 Å². The molecular formula is C12H14BrN3O2S2. The van der Waals surface area contributed by atoms with Gasteiger partial charge in [0.05, 0.1) is 11.4 Å². The molecule has 0 fully saturated rings. The number of rotatable bonds is 5. The number of thiazole rings is 1. The molecule has 0 amide bonds. The van der Waals surface area contributed by atoms with Crippen molar-refractivity contribution in [1.82, 2.24) is 9.71 Å². The van der Waals surface area contributed by atoms with Crippen LogP contribution in [-0.4, -0.2) is 13.4 Å². The van der Waals surface area contributed by atoms with E-state index in [2.05, 4.69) is 25.6 Å². The lowest BCUT2D eigenvalue weighted by atomic mass is 10.2. The molecule has 8 heteroatoms. The van der Waals surface area contributed by atoms with Gasteiger partial charge in [0.15, 0.2) is 0 Å². The Kier molecular flexibility index (Phi) is 4.92. The van der Waals surface area contributed by atoms with Crippen LogP contribution in [0.2, 0.25) is 0 Å². The number of sulfonamides is 1. The fourth-order valence-electron chi connectivity index (χ4n) is 1.60. The van der Waals surface area contributed by atoms with Crippen molar-refractivity contribution in [2.45, 2.75) is 24.9 Å². The molecule has 0 radical (unpaired) electrons. The smallest absolute Gasteiger partial charge is 0.242 e. The van der Waals surface area contributed by atoms with Crippen LogP contribution in [0.15, 0.2) is 33.8 Å². The molecule has 0 aliphatic rings. The van der Waals surface area contributed by atoms with Gasteiger partial charge >= 0.3 is 0 Å². The fourth-order valence-corrected chi connectivity index (χ4v) is 4.42. The average molecular weight is 376 g/mol. The van der Waals surface area contributed by atoms with Gasteiger partial charge in [-0.05, 0) is 40.5 Å². The van der Waals surface area contributed by atoms with Crippen LogP contribution in [0, 0.1) is 6.92 Å². The molecule has 3 N–H and O–H groups in total. The molecule has 2 rings (SSSR count). The highest BCUT2D eigenvalue weighted by molar-refractivity contribution is 9.10. The highest BCUT2D eigenvalue weighted by Gasteiger charge is 2.18. The molecule has 108 valence electrons. The minimum absolute atomic E-state index is 0.181. The van der Waals surface area contributed by atoms with Gasteiger partial charge in [-0.2, -0.15) is 0 Å². The number of hydrogen-bond donors (Lipinski definition) is 2. The molecule has 0 aliphatic carbocycles. The molecule has 1 aromatic carbocycles. The van der Waals surface area contributed by atoms with Crippen LogP contribution < -0.4 is 10.5 Å². The lowest BCUT2D eigenvalue weighted by Gasteiger charge is -2.09. The van der Waals surface area contributed by atoms with Crippen molar-refractivity contribution in [3.05, 3.63) is 44.3 Å². The van der Waals surface area contributed by atoms with Crippen LogP contribution in [0.1, 0.15) is 15.4 Å². The van der Waals surface area contributed by atoms with Crippen LogP contribution in [0.4, 0.5) is 0 Å². The maximum absolute atomic E-state index is 12.3. The van der Waals surface area contributed by atoms with E-state index in [1.807, 2.05) is 6.92 Å². The standard InChI is InChI=1S/C12H14BrN3O2S2/c1-8-6-15-12(19-8)7-16-20(17,18)11-4-9(5-14)2-3-10(11)13/h2-4,6,16H,5,7,14H2,1H3. The summed E-state index contributed by atoms with van der Waals surface area (Å²) in [5, 5.41) is 0.733. The highest BCUT2D eigenvalue weighted by atomic mass is 79.9. The predicted octanol–water partition coefficient (Wildman–Crippen LogP) is 2.15. The van der Waals surface area contributed by atoms with E-state index in [0.717, 1.165) is 15.4 Å². The first-order valence-corrected chi connectivity index (χ1v) is 8.91. The summed E-state index contributed by atoms with van der Waals surface area (Å²) in [7, 11) is -3.60. The van der Waals surface area contributed by atoms with Gasteiger partial charge in [0.25, 0.3) is 0 Å². The summed E-state index contributed by atoms with van der Waals surface area (Å²) >= 11 is 4.72. The first-order chi connectivity index (χ1) is 9.42. The van der Waals surface area contributed by atoms with Crippen molar-refractivity contribution in [1.29, 1.82) is 0 Å². The van der Waals surface area contributed by atoms with E-state index in [4.69, 9.17) is 5.73 Å². The summed E-state index contributed by atoms with van der Waals surface area (Å²) in [6.45, 7) is 2.40. The first kappa shape index (κ1) is 15.6. The molecule has 0 bridgehead atoms. The van der Waals surface area contributed by atoms with Crippen molar-refractivity contribution >= 4 is 37.3 Å². The van der Waals surface area contributed by atoms with Gasteiger partial charge < -0.3 is 5.73 Å². The van der Waals surface area contributed by atoms with Crippen LogP contribution in [0.25, 0.3) is 0 Å². The van der Waals surface area contributed by atoms with Crippen molar-refractivity contribution in [3.8, 4) is 0 Å². The molecule has 0 spiro atoms. The summed E-state index contributed by atoms with van der Waals surface area (Å²) in [5.74, 6) is 0. The second kappa shape index (κ2) is 6.31. The van der Waals surface area contributed by atoms with E-state index in [1.165, 1.54) is 11.3 Å². The summed E-state index contributed by atoms with van der Waals surface area (Å²) in [6.07, 6.45) is 1.72. The van der Waals surface area contributed by atoms with Gasteiger partial charge in [-0.15, -0.1) is 11.3 Å². The molecule has 0 saturated heterocycles. The predicted molar refractivity (Wildman–Crippen MR) is 82.9 cm³/mol. The number of aromatic nitrogens is 1. The van der Waals surface area contributed by atoms with Gasteiger partial charge in [0.2, 0.25) is 10.0 Å². The van der Waals surface area contributed by atoms with E-state index >= 15 is 0 Å². The monoisotopic (exact) mass is 375 g/mol. The molecule has 0 atom stereocenters. The van der Waals surface area contributed by atoms with Crippen molar-refractivity contribution < 1.29 is 8.42 Å². The maximum atomic E-state index is 12.3. The van der Waals surface area contributed by atoms with Crippen molar-refractivity contribution in [2.24, 2.45) is 5.73 Å². The number of nitrogens with one attached hydrogen (secondary N) is 1. The molecule has 1 aromatic heterocycles. The molecule has 20 heavy (non-hydrogen) atoms. The Morgan fingerprint density at radius 3 is 2.80 bits per heavy atom. The lowest BCUT2D eigenvalue weighted by Crippen LogP contribution is -2.23. The normalized spacial score (nSPS) is 11.8. The SMILES string of the molecule is Cc1cnc(CNS(=O)(=O)c2cc(CN)ccc2Br)s1. The van der Waals surface area contributed by atoms with Gasteiger partial charge in [0, 0.05) is 22.1 Å². The number of nitrogens with two attached hydrogens (primary N) is 1. The van der Waals surface area contributed by atoms with E-state index < -0.39 is 10.0 Å². The zero-order chi connectivity index (χ0) is 14.8. The third-order valence-electron chi connectivity index (χ3n) is 2.60. The van der Waals surface area contributed by atoms with Crippen molar-refractivity contribution in [3.63, 3.8) is 0 Å². The molecule has 2 aromatic rings. The van der Waals surface area contributed by atoms with E-state index in [1.54, 1.807) is 24.4 Å². The van der Waals surface area contributed by atoms with Crippen LogP contribution in [0.3, 0.4) is 0 Å². The zero-order valence-electron chi connectivity index (χ0n) is 10.8. The minimum Gasteiger partial charge on any atom is -0.326 e. The Morgan fingerprint density at radius 2 is 2.20 bits per heavy atom. The average Bonchev–Trinajstić information content (AvgIpc) is 2.83. The molecule has 1 heterocycles. The summed E-state index contributed by atoms with van der Waals surface area (Å²) < 4.78 is 27.7. The van der Waals surface area contributed by atoms with E-state index in [0.29, 0.717) is 11.0 Å². The Balaban J connectivity index is 2.21. The minimum atomic E-state index is -3.60. The maximum Gasteiger partial charge on any atom is 0.242 e. The Labute approximate surface area is 130 Å². The Bertz CT molecular complexity index is 713. The number of aryl methyl sites for hydroxylation is 1. The second-order valence-corrected chi connectivity index (χ2v) is 8.07. The van der Waals surface area contributed by atoms with Crippen LogP contribution in [-0.2, 0) is 23.1 Å². The number of nitrogens with zero attached hydrogens (tertiary/aromatic N) is 1. The van der Waals surface area contributed by atoms with Gasteiger partial charge in [0.1, 0.15) is 5.01 Å². The number of halogens is 1. The van der Waals surface area contributed by atoms with E-state index in [9.17, 15) is 8.42 Å². The summed E-state index contributed by atoms with van der Waals surface area (Å²) in [6, 6.07) is 5.04. The molecule has 0 saturated carbocycles. The fraction of sp³-hybridized carbons (Fsp3) is 0.250. The summed E-state index contributed by atoms with van der Waals surface area (Å²) in [5.41, 5.74) is 6.30. The van der Waals surface area contributed by atoms with E-state index in [-0.39, 0.29) is 11.4 Å². The topological polar surface area (TPSA) is 85.1 Å².